The summed E-state index contributed by atoms with van der Waals surface area (Å²) in [6.45, 7) is -0.507. The van der Waals surface area contributed by atoms with Crippen molar-refractivity contribution in [2.24, 2.45) is 0 Å². The normalized spacial score (nSPS) is 16.0. The van der Waals surface area contributed by atoms with Crippen molar-refractivity contribution in [1.29, 1.82) is 0 Å². The van der Waals surface area contributed by atoms with Gasteiger partial charge in [-0.25, -0.2) is 22.2 Å². The minimum absolute atomic E-state index is 0.0378. The van der Waals surface area contributed by atoms with Gasteiger partial charge in [0, 0.05) is 46.3 Å². The molecule has 0 radical (unpaired) electrons. The molecule has 1 aromatic heterocycles. The van der Waals surface area contributed by atoms with E-state index in [1.807, 2.05) is 0 Å². The lowest BCUT2D eigenvalue weighted by atomic mass is 10.3. The average Bonchev–Trinajstić information content (AvgIpc) is 2.66. The fourth-order valence-electron chi connectivity index (χ4n) is 2.92. The molecule has 1 fully saturated rings. The maximum atomic E-state index is 13.9. The quantitative estimate of drug-likeness (QED) is 0.665. The molecule has 0 amide bonds. The van der Waals surface area contributed by atoms with Gasteiger partial charge in [0.25, 0.3) is 0 Å². The number of sulfonamides is 1. The summed E-state index contributed by atoms with van der Waals surface area (Å²) in [5.74, 6) is -2.60. The van der Waals surface area contributed by atoms with Crippen LogP contribution >= 0.6 is 0 Å². The molecule has 1 aromatic carbocycles. The Labute approximate surface area is 169 Å². The van der Waals surface area contributed by atoms with Gasteiger partial charge in [-0.05, 0) is 12.1 Å². The minimum Gasteiger partial charge on any atom is -0.363 e. The second-order valence-electron chi connectivity index (χ2n) is 6.75. The van der Waals surface area contributed by atoms with Gasteiger partial charge in [0.2, 0.25) is 16.0 Å². The van der Waals surface area contributed by atoms with Gasteiger partial charge in [-0.3, -0.25) is 0 Å². The van der Waals surface area contributed by atoms with Crippen LogP contribution in [-0.4, -0.2) is 63.0 Å². The Balaban J connectivity index is 1.85. The first-order valence-electron chi connectivity index (χ1n) is 8.74. The van der Waals surface area contributed by atoms with E-state index in [0.717, 1.165) is 28.6 Å². The molecule has 13 heteroatoms. The summed E-state index contributed by atoms with van der Waals surface area (Å²) in [5, 5.41) is 0. The molecule has 2 heterocycles. The third-order valence-electron chi connectivity index (χ3n) is 4.49. The summed E-state index contributed by atoms with van der Waals surface area (Å²) in [5.41, 5.74) is -1.13. The van der Waals surface area contributed by atoms with Crippen molar-refractivity contribution in [1.82, 2.24) is 14.3 Å². The van der Waals surface area contributed by atoms with Crippen LogP contribution in [0.1, 0.15) is 5.69 Å². The standard InChI is InChI=1S/C17H18F5N5O2S/c1-25(2)14-10-13(17(20,21)22)23-16(24-14)26-6-8-27(9-7-26)30(28,29)15-11(18)4-3-5-12(15)19/h3-5,10H,6-9H2,1-2H3. The number of hydrogen-bond donors (Lipinski definition) is 0. The van der Waals surface area contributed by atoms with Crippen molar-refractivity contribution in [2.75, 3.05) is 50.1 Å². The number of nitrogens with zero attached hydrogens (tertiary/aromatic N) is 5. The fraction of sp³-hybridized carbons (Fsp3) is 0.412. The Hall–Kier alpha value is -2.54. The van der Waals surface area contributed by atoms with E-state index in [0.29, 0.717) is 0 Å². The van der Waals surface area contributed by atoms with Gasteiger partial charge in [-0.1, -0.05) is 6.07 Å². The van der Waals surface area contributed by atoms with Crippen LogP contribution in [0.3, 0.4) is 0 Å². The largest absolute Gasteiger partial charge is 0.433 e. The molecule has 7 nitrogen and oxygen atoms in total. The maximum Gasteiger partial charge on any atom is 0.433 e. The van der Waals surface area contributed by atoms with E-state index in [2.05, 4.69) is 9.97 Å². The van der Waals surface area contributed by atoms with E-state index in [1.54, 1.807) is 0 Å². The number of aromatic nitrogens is 2. The number of halogens is 5. The van der Waals surface area contributed by atoms with Gasteiger partial charge in [-0.15, -0.1) is 0 Å². The van der Waals surface area contributed by atoms with E-state index in [1.165, 1.54) is 23.9 Å². The van der Waals surface area contributed by atoms with Gasteiger partial charge in [0.1, 0.15) is 17.5 Å². The molecule has 0 unspecified atom stereocenters. The van der Waals surface area contributed by atoms with Crippen molar-refractivity contribution in [3.63, 3.8) is 0 Å². The zero-order valence-corrected chi connectivity index (χ0v) is 16.8. The molecule has 164 valence electrons. The molecule has 1 aliphatic rings. The fourth-order valence-corrected chi connectivity index (χ4v) is 4.46. The summed E-state index contributed by atoms with van der Waals surface area (Å²) in [4.78, 5) is 9.39. The lowest BCUT2D eigenvalue weighted by Gasteiger charge is -2.34. The van der Waals surface area contributed by atoms with Crippen molar-refractivity contribution in [2.45, 2.75) is 11.1 Å². The zero-order valence-electron chi connectivity index (χ0n) is 16.0. The average molecular weight is 451 g/mol. The van der Waals surface area contributed by atoms with Crippen molar-refractivity contribution in [3.8, 4) is 0 Å². The van der Waals surface area contributed by atoms with Crippen LogP contribution < -0.4 is 9.80 Å². The topological polar surface area (TPSA) is 69.6 Å². The van der Waals surface area contributed by atoms with E-state index < -0.39 is 38.4 Å². The van der Waals surface area contributed by atoms with Gasteiger partial charge >= 0.3 is 6.18 Å². The summed E-state index contributed by atoms with van der Waals surface area (Å²) in [7, 11) is -1.40. The Kier molecular flexibility index (Phi) is 5.87. The Morgan fingerprint density at radius 2 is 1.57 bits per heavy atom. The van der Waals surface area contributed by atoms with E-state index in [-0.39, 0.29) is 37.9 Å². The first kappa shape index (κ1) is 22.2. The first-order chi connectivity index (χ1) is 13.9. The molecule has 3 rings (SSSR count). The molecule has 0 spiro atoms. The summed E-state index contributed by atoms with van der Waals surface area (Å²) >= 11 is 0. The molecule has 0 N–H and O–H groups in total. The Morgan fingerprint density at radius 1 is 1.00 bits per heavy atom. The number of hydrogen-bond acceptors (Lipinski definition) is 6. The van der Waals surface area contributed by atoms with Crippen molar-refractivity contribution in [3.05, 3.63) is 41.6 Å². The maximum absolute atomic E-state index is 13.9. The molecule has 0 saturated carbocycles. The molecule has 0 aliphatic carbocycles. The smallest absolute Gasteiger partial charge is 0.363 e. The predicted molar refractivity (Wildman–Crippen MR) is 98.7 cm³/mol. The van der Waals surface area contributed by atoms with Crippen LogP contribution in [0.15, 0.2) is 29.2 Å². The number of rotatable bonds is 4. The SMILES string of the molecule is CN(C)c1cc(C(F)(F)F)nc(N2CCN(S(=O)(=O)c3c(F)cccc3F)CC2)n1. The van der Waals surface area contributed by atoms with E-state index in [9.17, 15) is 30.4 Å². The lowest BCUT2D eigenvalue weighted by Crippen LogP contribution is -2.49. The third-order valence-corrected chi connectivity index (χ3v) is 6.44. The van der Waals surface area contributed by atoms with Gasteiger partial charge in [-0.2, -0.15) is 22.5 Å². The number of benzene rings is 1. The molecule has 2 aromatic rings. The zero-order chi connectivity index (χ0) is 22.3. The van der Waals surface area contributed by atoms with Crippen LogP contribution in [-0.2, 0) is 16.2 Å². The summed E-state index contributed by atoms with van der Waals surface area (Å²) in [6, 6.07) is 3.54. The molecule has 1 saturated heterocycles. The third kappa shape index (κ3) is 4.31. The van der Waals surface area contributed by atoms with Crippen molar-refractivity contribution < 1.29 is 30.4 Å². The molecule has 1 aliphatic heterocycles. The van der Waals surface area contributed by atoms with Crippen LogP contribution in [0.5, 0.6) is 0 Å². The molecule has 30 heavy (non-hydrogen) atoms. The van der Waals surface area contributed by atoms with Crippen LogP contribution in [0.25, 0.3) is 0 Å². The second kappa shape index (κ2) is 7.95. The van der Waals surface area contributed by atoms with Crippen LogP contribution in [0.2, 0.25) is 0 Å². The summed E-state index contributed by atoms with van der Waals surface area (Å²) < 4.78 is 93.5. The predicted octanol–water partition coefficient (Wildman–Crippen LogP) is 2.35. The van der Waals surface area contributed by atoms with Gasteiger partial charge < -0.3 is 9.80 Å². The van der Waals surface area contributed by atoms with E-state index in [4.69, 9.17) is 0 Å². The van der Waals surface area contributed by atoms with Gasteiger partial charge in [0.15, 0.2) is 10.6 Å². The number of alkyl halides is 3. The highest BCUT2D eigenvalue weighted by atomic mass is 32.2. The highest BCUT2D eigenvalue weighted by molar-refractivity contribution is 7.89. The minimum atomic E-state index is -4.68. The highest BCUT2D eigenvalue weighted by Gasteiger charge is 2.36. The Morgan fingerprint density at radius 3 is 2.07 bits per heavy atom. The first-order valence-corrected chi connectivity index (χ1v) is 10.2. The van der Waals surface area contributed by atoms with Crippen molar-refractivity contribution >= 4 is 21.8 Å². The molecule has 0 bridgehead atoms. The van der Waals surface area contributed by atoms with Crippen LogP contribution in [0, 0.1) is 11.6 Å². The second-order valence-corrected chi connectivity index (χ2v) is 8.62. The molecule has 0 atom stereocenters. The lowest BCUT2D eigenvalue weighted by molar-refractivity contribution is -0.141. The molecular formula is C17H18F5N5O2S. The highest BCUT2D eigenvalue weighted by Crippen LogP contribution is 2.31. The Bertz CT molecular complexity index is 1020. The van der Waals surface area contributed by atoms with Crippen LogP contribution in [0.4, 0.5) is 33.7 Å². The summed E-state index contributed by atoms with van der Waals surface area (Å²) in [6.07, 6.45) is -4.68. The molecular weight excluding hydrogens is 433 g/mol. The number of anilines is 2. The monoisotopic (exact) mass is 451 g/mol. The van der Waals surface area contributed by atoms with Gasteiger partial charge in [0.05, 0.1) is 0 Å². The van der Waals surface area contributed by atoms with E-state index >= 15 is 0 Å². The number of piperazine rings is 1.